The molecule has 0 aliphatic carbocycles. The van der Waals surface area contributed by atoms with E-state index in [1.165, 1.54) is 10.9 Å². The van der Waals surface area contributed by atoms with Gasteiger partial charge in [-0.1, -0.05) is 24.3 Å². The highest BCUT2D eigenvalue weighted by molar-refractivity contribution is 6.07. The molecule has 1 amide bonds. The monoisotopic (exact) mass is 442 g/mol. The van der Waals surface area contributed by atoms with Crippen LogP contribution in [-0.2, 0) is 4.74 Å². The standard InChI is InChI=1S/C26H26N4O3/c1-6-33-26(32)21-14-27-30(22-13-18(5)20-9-7-8-16(3)23(20)28-22)24(21)29-25(31)19-11-10-15(2)17(4)12-19/h7-14H,6H2,1-5H3,(H,29,31). The first kappa shape index (κ1) is 22.2. The van der Waals surface area contributed by atoms with Crippen LogP contribution >= 0.6 is 0 Å². The van der Waals surface area contributed by atoms with Gasteiger partial charge >= 0.3 is 5.97 Å². The summed E-state index contributed by atoms with van der Waals surface area (Å²) < 4.78 is 6.67. The van der Waals surface area contributed by atoms with Crippen molar-refractivity contribution >= 4 is 28.6 Å². The van der Waals surface area contributed by atoms with Crippen molar-refractivity contribution in [3.05, 3.63) is 82.0 Å². The van der Waals surface area contributed by atoms with Gasteiger partial charge in [0.1, 0.15) is 5.56 Å². The maximum Gasteiger partial charge on any atom is 0.343 e. The van der Waals surface area contributed by atoms with Gasteiger partial charge in [0, 0.05) is 10.9 Å². The molecule has 33 heavy (non-hydrogen) atoms. The molecule has 0 unspecified atom stereocenters. The van der Waals surface area contributed by atoms with Crippen molar-refractivity contribution in [2.45, 2.75) is 34.6 Å². The third kappa shape index (κ3) is 4.22. The van der Waals surface area contributed by atoms with Crippen molar-refractivity contribution in [1.82, 2.24) is 14.8 Å². The number of nitrogens with one attached hydrogen (secondary N) is 1. The molecule has 0 radical (unpaired) electrons. The number of pyridine rings is 1. The fourth-order valence-corrected chi connectivity index (χ4v) is 3.72. The number of aryl methyl sites for hydroxylation is 4. The van der Waals surface area contributed by atoms with Crippen LogP contribution in [0.5, 0.6) is 0 Å². The van der Waals surface area contributed by atoms with Crippen LogP contribution in [0.3, 0.4) is 0 Å². The molecule has 0 spiro atoms. The number of ether oxygens (including phenoxy) is 1. The normalized spacial score (nSPS) is 10.9. The summed E-state index contributed by atoms with van der Waals surface area (Å²) in [5, 5.41) is 8.29. The summed E-state index contributed by atoms with van der Waals surface area (Å²) >= 11 is 0. The minimum absolute atomic E-state index is 0.165. The lowest BCUT2D eigenvalue weighted by Crippen LogP contribution is -2.18. The van der Waals surface area contributed by atoms with Crippen molar-refractivity contribution in [2.24, 2.45) is 0 Å². The number of aromatic nitrogens is 3. The number of carbonyl (C=O) groups excluding carboxylic acids is 2. The highest BCUT2D eigenvalue weighted by atomic mass is 16.5. The fourth-order valence-electron chi connectivity index (χ4n) is 3.72. The Bertz CT molecular complexity index is 1390. The third-order valence-electron chi connectivity index (χ3n) is 5.72. The molecule has 0 aliphatic rings. The molecular weight excluding hydrogens is 416 g/mol. The average molecular weight is 443 g/mol. The summed E-state index contributed by atoms with van der Waals surface area (Å²) in [7, 11) is 0. The summed E-state index contributed by atoms with van der Waals surface area (Å²) in [5.74, 6) is -0.191. The van der Waals surface area contributed by atoms with Gasteiger partial charge in [0.2, 0.25) is 0 Å². The lowest BCUT2D eigenvalue weighted by molar-refractivity contribution is 0.0527. The Kier molecular flexibility index (Phi) is 5.96. The van der Waals surface area contributed by atoms with Crippen molar-refractivity contribution in [1.29, 1.82) is 0 Å². The molecule has 0 saturated carbocycles. The maximum absolute atomic E-state index is 13.1. The first-order chi connectivity index (χ1) is 15.8. The van der Waals surface area contributed by atoms with E-state index in [4.69, 9.17) is 9.72 Å². The van der Waals surface area contributed by atoms with Gasteiger partial charge < -0.3 is 10.1 Å². The van der Waals surface area contributed by atoms with E-state index in [2.05, 4.69) is 10.4 Å². The number of amides is 1. The summed E-state index contributed by atoms with van der Waals surface area (Å²) in [6, 6.07) is 13.4. The molecule has 2 aromatic carbocycles. The second-order valence-electron chi connectivity index (χ2n) is 8.06. The van der Waals surface area contributed by atoms with Crippen LogP contribution in [0.25, 0.3) is 16.7 Å². The summed E-state index contributed by atoms with van der Waals surface area (Å²) in [6.07, 6.45) is 1.40. The zero-order valence-corrected chi connectivity index (χ0v) is 19.4. The SMILES string of the molecule is CCOC(=O)c1cnn(-c2cc(C)c3cccc(C)c3n2)c1NC(=O)c1ccc(C)c(C)c1. The van der Waals surface area contributed by atoms with E-state index >= 15 is 0 Å². The molecule has 1 N–H and O–H groups in total. The van der Waals surface area contributed by atoms with Crippen LogP contribution in [-0.4, -0.2) is 33.2 Å². The summed E-state index contributed by atoms with van der Waals surface area (Å²) in [6.45, 7) is 9.86. The molecule has 0 aliphatic heterocycles. The van der Waals surface area contributed by atoms with E-state index in [0.717, 1.165) is 33.2 Å². The van der Waals surface area contributed by atoms with Gasteiger partial charge in [0.15, 0.2) is 11.6 Å². The predicted molar refractivity (Wildman–Crippen MR) is 128 cm³/mol. The smallest absolute Gasteiger partial charge is 0.343 e. The number of carbonyl (C=O) groups is 2. The first-order valence-corrected chi connectivity index (χ1v) is 10.8. The Morgan fingerprint density at radius 2 is 1.76 bits per heavy atom. The quantitative estimate of drug-likeness (QED) is 0.436. The molecule has 2 aromatic heterocycles. The van der Waals surface area contributed by atoms with E-state index in [1.54, 1.807) is 13.0 Å². The van der Waals surface area contributed by atoms with Crippen molar-refractivity contribution < 1.29 is 14.3 Å². The zero-order chi connectivity index (χ0) is 23.7. The van der Waals surface area contributed by atoms with Crippen molar-refractivity contribution in [3.8, 4) is 5.82 Å². The summed E-state index contributed by atoms with van der Waals surface area (Å²) in [5.41, 5.74) is 5.62. The van der Waals surface area contributed by atoms with E-state index < -0.39 is 5.97 Å². The molecule has 0 fully saturated rings. The molecule has 4 rings (SSSR count). The van der Waals surface area contributed by atoms with Gasteiger partial charge in [-0.3, -0.25) is 4.79 Å². The highest BCUT2D eigenvalue weighted by Gasteiger charge is 2.23. The lowest BCUT2D eigenvalue weighted by atomic mass is 10.1. The Labute approximate surface area is 192 Å². The third-order valence-corrected chi connectivity index (χ3v) is 5.72. The Balaban J connectivity index is 1.83. The molecule has 0 saturated heterocycles. The second-order valence-corrected chi connectivity index (χ2v) is 8.06. The van der Waals surface area contributed by atoms with Gasteiger partial charge in [0.25, 0.3) is 5.91 Å². The van der Waals surface area contributed by atoms with Crippen LogP contribution < -0.4 is 5.32 Å². The van der Waals surface area contributed by atoms with Gasteiger partial charge in [-0.25, -0.2) is 9.78 Å². The molecule has 2 heterocycles. The van der Waals surface area contributed by atoms with Gasteiger partial charge in [0.05, 0.1) is 18.3 Å². The number of anilines is 1. The van der Waals surface area contributed by atoms with E-state index in [0.29, 0.717) is 11.4 Å². The number of hydrogen-bond donors (Lipinski definition) is 1. The van der Waals surface area contributed by atoms with E-state index in [1.807, 2.05) is 64.1 Å². The van der Waals surface area contributed by atoms with Crippen LogP contribution in [0.2, 0.25) is 0 Å². The Morgan fingerprint density at radius 1 is 0.970 bits per heavy atom. The van der Waals surface area contributed by atoms with Gasteiger partial charge in [-0.05, 0) is 75.1 Å². The second kappa shape index (κ2) is 8.86. The minimum atomic E-state index is -0.562. The number of fused-ring (bicyclic) bond motifs is 1. The van der Waals surface area contributed by atoms with E-state index in [-0.39, 0.29) is 23.9 Å². The van der Waals surface area contributed by atoms with E-state index in [9.17, 15) is 9.59 Å². The average Bonchev–Trinajstić information content (AvgIpc) is 3.20. The Hall–Kier alpha value is -4.00. The molecule has 168 valence electrons. The number of nitrogens with zero attached hydrogens (tertiary/aromatic N) is 3. The number of esters is 1. The highest BCUT2D eigenvalue weighted by Crippen LogP contribution is 2.26. The number of para-hydroxylation sites is 1. The summed E-state index contributed by atoms with van der Waals surface area (Å²) in [4.78, 5) is 30.5. The number of hydrogen-bond acceptors (Lipinski definition) is 5. The first-order valence-electron chi connectivity index (χ1n) is 10.8. The molecule has 7 nitrogen and oxygen atoms in total. The molecule has 7 heteroatoms. The van der Waals surface area contributed by atoms with Gasteiger partial charge in [-0.2, -0.15) is 9.78 Å². The van der Waals surface area contributed by atoms with Crippen LogP contribution in [0.15, 0.2) is 48.7 Å². The van der Waals surface area contributed by atoms with Crippen molar-refractivity contribution in [2.75, 3.05) is 11.9 Å². The topological polar surface area (TPSA) is 86.1 Å². The largest absolute Gasteiger partial charge is 0.462 e. The van der Waals surface area contributed by atoms with Crippen LogP contribution in [0.1, 0.15) is 49.9 Å². The van der Waals surface area contributed by atoms with Crippen LogP contribution in [0, 0.1) is 27.7 Å². The predicted octanol–water partition coefficient (Wildman–Crippen LogP) is 5.08. The molecule has 0 bridgehead atoms. The fraction of sp³-hybridized carbons (Fsp3) is 0.231. The van der Waals surface area contributed by atoms with Gasteiger partial charge in [-0.15, -0.1) is 0 Å². The zero-order valence-electron chi connectivity index (χ0n) is 19.4. The molecule has 4 aromatic rings. The lowest BCUT2D eigenvalue weighted by Gasteiger charge is -2.13. The van der Waals surface area contributed by atoms with Crippen molar-refractivity contribution in [3.63, 3.8) is 0 Å². The Morgan fingerprint density at radius 3 is 2.48 bits per heavy atom. The number of benzene rings is 2. The number of rotatable bonds is 5. The molecule has 0 atom stereocenters. The molecular formula is C26H26N4O3. The maximum atomic E-state index is 13.1. The van der Waals surface area contributed by atoms with Crippen LogP contribution in [0.4, 0.5) is 5.82 Å². The minimum Gasteiger partial charge on any atom is -0.462 e.